The summed E-state index contributed by atoms with van der Waals surface area (Å²) in [5.74, 6) is 1.70. The molecule has 0 spiro atoms. The molecule has 65 heavy (non-hydrogen) atoms. The van der Waals surface area contributed by atoms with Crippen LogP contribution in [0.15, 0.2) is 146 Å². The highest BCUT2D eigenvalue weighted by molar-refractivity contribution is 7.45. The summed E-state index contributed by atoms with van der Waals surface area (Å²) in [5.41, 5.74) is 14.5. The highest BCUT2D eigenvalue weighted by Crippen LogP contribution is 2.35. The summed E-state index contributed by atoms with van der Waals surface area (Å²) in [6.45, 7) is 12.8. The molecule has 0 saturated heterocycles. The van der Waals surface area contributed by atoms with E-state index in [4.69, 9.17) is 19.2 Å². The van der Waals surface area contributed by atoms with Crippen molar-refractivity contribution in [3.63, 3.8) is 0 Å². The zero-order valence-corrected chi connectivity index (χ0v) is 38.9. The van der Waals surface area contributed by atoms with Crippen LogP contribution in [-0.4, -0.2) is 45.3 Å². The van der Waals surface area contributed by atoms with E-state index in [0.29, 0.717) is 0 Å². The first kappa shape index (κ1) is 52.8. The number of benzene rings is 6. The first-order chi connectivity index (χ1) is 31.0. The van der Waals surface area contributed by atoms with Gasteiger partial charge in [-0.25, -0.2) is 4.57 Å². The molecule has 0 aliphatic heterocycles. The molecule has 0 fully saturated rings. The topological polar surface area (TPSA) is 199 Å². The van der Waals surface area contributed by atoms with E-state index in [1.165, 1.54) is 33.4 Å². The lowest BCUT2D eigenvalue weighted by Gasteiger charge is -2.14. The Hall–Kier alpha value is -6.55. The van der Waals surface area contributed by atoms with E-state index in [1.54, 1.807) is 72.8 Å². The lowest BCUT2D eigenvalue weighted by molar-refractivity contribution is 0.275. The molecule has 6 rings (SSSR count). The van der Waals surface area contributed by atoms with Crippen molar-refractivity contribution in [3.8, 4) is 34.5 Å². The van der Waals surface area contributed by atoms with Crippen LogP contribution in [0.5, 0.6) is 34.5 Å². The zero-order valence-electron chi connectivity index (χ0n) is 38.0. The van der Waals surface area contributed by atoms with Gasteiger partial charge in [0.2, 0.25) is 0 Å². The molecule has 11 heteroatoms. The lowest BCUT2D eigenvalue weighted by atomic mass is 9.91. The molecule has 0 aromatic heterocycles. The first-order valence-electron chi connectivity index (χ1n) is 21.7. The van der Waals surface area contributed by atoms with E-state index in [2.05, 4.69) is 41.5 Å². The number of phenols is 6. The van der Waals surface area contributed by atoms with Crippen LogP contribution in [0.4, 0.5) is 0 Å². The molecule has 0 saturated carbocycles. The molecule has 0 bridgehead atoms. The molecule has 0 unspecified atom stereocenters. The number of phenolic OH excluding ortho intramolecular Hbond substituents is 6. The molecule has 10 nitrogen and oxygen atoms in total. The van der Waals surface area contributed by atoms with Gasteiger partial charge in [0.05, 0.1) is 0 Å². The second-order valence-corrected chi connectivity index (χ2v) is 15.8. The molecule has 0 radical (unpaired) electrons. The van der Waals surface area contributed by atoms with Crippen molar-refractivity contribution in [2.45, 2.75) is 80.1 Å². The number of rotatable bonds is 12. The minimum atomic E-state index is -4.64. The Bertz CT molecular complexity index is 2060. The summed E-state index contributed by atoms with van der Waals surface area (Å²) < 4.78 is 8.88. The fourth-order valence-electron chi connectivity index (χ4n) is 7.53. The maximum atomic E-state index is 9.41. The second kappa shape index (κ2) is 26.3. The molecule has 0 heterocycles. The molecular weight excluding hydrogens is 840 g/mol. The monoisotopic (exact) mass is 902 g/mol. The summed E-state index contributed by atoms with van der Waals surface area (Å²) in [6.07, 6.45) is 5.55. The third-order valence-corrected chi connectivity index (χ3v) is 10.5. The smallest absolute Gasteiger partial charge is 0.466 e. The SMILES string of the molecule is CC/C(=C(/CC)c1ccc(O)cc1)c1ccc(O)cc1.CC/C(=C(/CC)c1ccc(O)cc1)c1ccc(O)cc1.CC/C(=C(/CC)c1ccc(O)cc1)c1ccc(O)cc1.O=P(O)(O)O. The predicted molar refractivity (Wildman–Crippen MR) is 265 cm³/mol. The van der Waals surface area contributed by atoms with Crippen LogP contribution >= 0.6 is 7.82 Å². The molecular formula is C54H63O10P. The van der Waals surface area contributed by atoms with Crippen LogP contribution < -0.4 is 0 Å². The van der Waals surface area contributed by atoms with Gasteiger partial charge < -0.3 is 45.3 Å². The summed E-state index contributed by atoms with van der Waals surface area (Å²) in [4.78, 5) is 21.6. The Balaban J connectivity index is 0.000000246. The van der Waals surface area contributed by atoms with Gasteiger partial charge in [-0.3, -0.25) is 0 Å². The van der Waals surface area contributed by atoms with Gasteiger partial charge in [-0.15, -0.1) is 0 Å². The van der Waals surface area contributed by atoms with Gasteiger partial charge in [0.25, 0.3) is 0 Å². The largest absolute Gasteiger partial charge is 0.508 e. The molecule has 0 atom stereocenters. The van der Waals surface area contributed by atoms with Crippen LogP contribution in [0.2, 0.25) is 0 Å². The van der Waals surface area contributed by atoms with Crippen LogP contribution in [-0.2, 0) is 4.57 Å². The van der Waals surface area contributed by atoms with Crippen molar-refractivity contribution in [1.82, 2.24) is 0 Å². The molecule has 344 valence electrons. The third-order valence-electron chi connectivity index (χ3n) is 10.5. The van der Waals surface area contributed by atoms with Crippen molar-refractivity contribution in [2.24, 2.45) is 0 Å². The molecule has 6 aromatic rings. The van der Waals surface area contributed by atoms with Crippen LogP contribution in [0.25, 0.3) is 33.4 Å². The fraction of sp³-hybridized carbons (Fsp3) is 0.222. The number of hydrogen-bond donors (Lipinski definition) is 9. The minimum absolute atomic E-state index is 0.284. The standard InChI is InChI=1S/3C18H20O2.H3O4P/c3*1-3-17(13-5-9-15(19)10-6-13)18(4-2)14-7-11-16(20)12-8-14;1-5(2,3)4/h3*5-12,19-20H,3-4H2,1-2H3;(H3,1,2,3,4)/b3*18-17+;. The quantitative estimate of drug-likeness (QED) is 0.0421. The van der Waals surface area contributed by atoms with Gasteiger partial charge in [0, 0.05) is 0 Å². The number of aromatic hydroxyl groups is 6. The van der Waals surface area contributed by atoms with Gasteiger partial charge in [-0.1, -0.05) is 114 Å². The van der Waals surface area contributed by atoms with Gasteiger partial charge in [0.1, 0.15) is 34.5 Å². The Kier molecular flexibility index (Phi) is 21.4. The Morgan fingerprint density at radius 3 is 0.446 bits per heavy atom. The van der Waals surface area contributed by atoms with Crippen molar-refractivity contribution in [2.75, 3.05) is 0 Å². The van der Waals surface area contributed by atoms with Gasteiger partial charge in [-0.2, -0.15) is 0 Å². The van der Waals surface area contributed by atoms with E-state index in [-0.39, 0.29) is 34.5 Å². The Morgan fingerprint density at radius 2 is 0.369 bits per heavy atom. The van der Waals surface area contributed by atoms with Crippen molar-refractivity contribution in [3.05, 3.63) is 179 Å². The van der Waals surface area contributed by atoms with Gasteiger partial charge >= 0.3 is 7.82 Å². The van der Waals surface area contributed by atoms with E-state index in [1.807, 2.05) is 72.8 Å². The highest BCUT2D eigenvalue weighted by Gasteiger charge is 2.12. The minimum Gasteiger partial charge on any atom is -0.508 e. The third kappa shape index (κ3) is 17.2. The maximum Gasteiger partial charge on any atom is 0.466 e. The van der Waals surface area contributed by atoms with E-state index >= 15 is 0 Å². The molecule has 0 aliphatic carbocycles. The summed E-state index contributed by atoms with van der Waals surface area (Å²) in [6, 6.07) is 44.0. The molecule has 0 aliphatic rings. The number of phosphoric acid groups is 1. The zero-order chi connectivity index (χ0) is 48.1. The first-order valence-corrected chi connectivity index (χ1v) is 23.2. The Labute approximate surface area is 383 Å². The predicted octanol–water partition coefficient (Wildman–Crippen LogP) is 13.6. The summed E-state index contributed by atoms with van der Waals surface area (Å²) >= 11 is 0. The average Bonchev–Trinajstić information content (AvgIpc) is 3.29. The van der Waals surface area contributed by atoms with Crippen molar-refractivity contribution in [1.29, 1.82) is 0 Å². The Morgan fingerprint density at radius 1 is 0.277 bits per heavy atom. The normalized spacial score (nSPS) is 12.1. The lowest BCUT2D eigenvalue weighted by Crippen LogP contribution is -1.91. The van der Waals surface area contributed by atoms with E-state index < -0.39 is 7.82 Å². The number of allylic oxidation sites excluding steroid dienone is 6. The average molecular weight is 903 g/mol. The van der Waals surface area contributed by atoms with Gasteiger partial charge in [0.15, 0.2) is 0 Å². The van der Waals surface area contributed by atoms with Gasteiger partial charge in [-0.05, 0) is 178 Å². The number of hydrogen-bond acceptors (Lipinski definition) is 7. The summed E-state index contributed by atoms with van der Waals surface area (Å²) in [7, 11) is -4.64. The fourth-order valence-corrected chi connectivity index (χ4v) is 7.53. The van der Waals surface area contributed by atoms with E-state index in [9.17, 15) is 30.6 Å². The molecule has 0 amide bonds. The second-order valence-electron chi connectivity index (χ2n) is 14.8. The summed E-state index contributed by atoms with van der Waals surface area (Å²) in [5, 5.41) is 56.5. The molecule has 9 N–H and O–H groups in total. The molecule has 6 aromatic carbocycles. The van der Waals surface area contributed by atoms with Crippen molar-refractivity contribution >= 4 is 41.3 Å². The van der Waals surface area contributed by atoms with Crippen LogP contribution in [0.3, 0.4) is 0 Å². The maximum absolute atomic E-state index is 9.41. The van der Waals surface area contributed by atoms with Crippen LogP contribution in [0, 0.1) is 0 Å². The highest BCUT2D eigenvalue weighted by atomic mass is 31.2. The van der Waals surface area contributed by atoms with E-state index in [0.717, 1.165) is 71.9 Å². The van der Waals surface area contributed by atoms with Crippen molar-refractivity contribution < 1.29 is 49.9 Å². The van der Waals surface area contributed by atoms with Crippen LogP contribution in [0.1, 0.15) is 113 Å².